The first-order valence-corrected chi connectivity index (χ1v) is 8.17. The van der Waals surface area contributed by atoms with Gasteiger partial charge in [-0.2, -0.15) is 10.2 Å². The van der Waals surface area contributed by atoms with Gasteiger partial charge in [-0.15, -0.1) is 0 Å². The monoisotopic (exact) mass is 348 g/mol. The molecule has 0 aliphatic heterocycles. The van der Waals surface area contributed by atoms with Gasteiger partial charge in [0.2, 0.25) is 0 Å². The molecule has 0 aliphatic carbocycles. The minimum absolute atomic E-state index is 0.0319. The number of carboxylic acid groups (broad SMARTS) is 1. The van der Waals surface area contributed by atoms with E-state index in [0.29, 0.717) is 29.1 Å². The Kier molecular flexibility index (Phi) is 3.72. The van der Waals surface area contributed by atoms with E-state index in [9.17, 15) is 9.90 Å². The van der Waals surface area contributed by atoms with Crippen molar-refractivity contribution in [2.24, 2.45) is 0 Å². The van der Waals surface area contributed by atoms with E-state index in [1.165, 1.54) is 6.33 Å². The highest BCUT2D eigenvalue weighted by atomic mass is 16.4. The van der Waals surface area contributed by atoms with Crippen molar-refractivity contribution in [1.82, 2.24) is 29.4 Å². The van der Waals surface area contributed by atoms with Crippen molar-refractivity contribution >= 4 is 11.6 Å². The highest BCUT2D eigenvalue weighted by Crippen LogP contribution is 2.29. The van der Waals surface area contributed by atoms with Gasteiger partial charge < -0.3 is 5.11 Å². The maximum Gasteiger partial charge on any atom is 0.356 e. The van der Waals surface area contributed by atoms with Gasteiger partial charge in [-0.1, -0.05) is 13.0 Å². The average Bonchev–Trinajstić information content (AvgIpc) is 3.25. The van der Waals surface area contributed by atoms with Crippen molar-refractivity contribution < 1.29 is 9.90 Å². The molecule has 4 rings (SSSR count). The summed E-state index contributed by atoms with van der Waals surface area (Å²) in [6, 6.07) is 9.28. The van der Waals surface area contributed by atoms with Crippen molar-refractivity contribution in [2.75, 3.05) is 0 Å². The Hall–Kier alpha value is -3.55. The van der Waals surface area contributed by atoms with Crippen molar-refractivity contribution in [3.05, 3.63) is 59.8 Å². The van der Waals surface area contributed by atoms with Gasteiger partial charge >= 0.3 is 5.97 Å². The molecule has 0 radical (unpaired) electrons. The Bertz CT molecular complexity index is 1130. The van der Waals surface area contributed by atoms with E-state index in [2.05, 4.69) is 20.2 Å². The molecule has 0 spiro atoms. The van der Waals surface area contributed by atoms with Gasteiger partial charge in [0.25, 0.3) is 0 Å². The molecule has 8 heteroatoms. The van der Waals surface area contributed by atoms with E-state index >= 15 is 0 Å². The number of rotatable bonds is 4. The second kappa shape index (κ2) is 6.07. The number of aryl methyl sites for hydroxylation is 1. The maximum atomic E-state index is 11.7. The standard InChI is InChI=1S/C18H16N6O2/c1-3-13-16(18(25)26)22-24(15-6-4-5-11(2)21-15)17(13)12-7-8-14-19-10-20-23(14)9-12/h4-10H,3H2,1-2H3,(H,25,26). The van der Waals surface area contributed by atoms with Crippen LogP contribution in [0.25, 0.3) is 22.7 Å². The molecule has 4 aromatic rings. The van der Waals surface area contributed by atoms with Crippen LogP contribution in [0.1, 0.15) is 28.7 Å². The summed E-state index contributed by atoms with van der Waals surface area (Å²) in [6.07, 6.45) is 3.82. The lowest BCUT2D eigenvalue weighted by molar-refractivity contribution is 0.0689. The molecular weight excluding hydrogens is 332 g/mol. The lowest BCUT2D eigenvalue weighted by atomic mass is 10.0. The Morgan fingerprint density at radius 3 is 2.81 bits per heavy atom. The summed E-state index contributed by atoms with van der Waals surface area (Å²) < 4.78 is 3.24. The number of pyridine rings is 2. The van der Waals surface area contributed by atoms with Crippen LogP contribution < -0.4 is 0 Å². The minimum Gasteiger partial charge on any atom is -0.476 e. The van der Waals surface area contributed by atoms with Crippen LogP contribution in [0.4, 0.5) is 0 Å². The largest absolute Gasteiger partial charge is 0.476 e. The van der Waals surface area contributed by atoms with Gasteiger partial charge in [-0.3, -0.25) is 0 Å². The van der Waals surface area contributed by atoms with Crippen molar-refractivity contribution in [1.29, 1.82) is 0 Å². The predicted octanol–water partition coefficient (Wildman–Crippen LogP) is 2.55. The first-order valence-electron chi connectivity index (χ1n) is 8.17. The van der Waals surface area contributed by atoms with E-state index in [1.54, 1.807) is 9.20 Å². The van der Waals surface area contributed by atoms with Crippen LogP contribution in [0.15, 0.2) is 42.9 Å². The molecule has 0 bridgehead atoms. The number of fused-ring (bicyclic) bond motifs is 1. The van der Waals surface area contributed by atoms with Gasteiger partial charge in [0, 0.05) is 23.0 Å². The summed E-state index contributed by atoms with van der Waals surface area (Å²) in [4.78, 5) is 20.4. The number of hydrogen-bond donors (Lipinski definition) is 1. The molecule has 8 nitrogen and oxygen atoms in total. The molecule has 0 amide bonds. The molecule has 0 atom stereocenters. The van der Waals surface area contributed by atoms with Crippen LogP contribution in [0.5, 0.6) is 0 Å². The van der Waals surface area contributed by atoms with Crippen LogP contribution in [0.3, 0.4) is 0 Å². The second-order valence-electron chi connectivity index (χ2n) is 5.86. The number of nitrogens with zero attached hydrogens (tertiary/aromatic N) is 6. The Morgan fingerprint density at radius 1 is 1.23 bits per heavy atom. The average molecular weight is 348 g/mol. The van der Waals surface area contributed by atoms with Crippen LogP contribution in [-0.4, -0.2) is 40.4 Å². The summed E-state index contributed by atoms with van der Waals surface area (Å²) in [5, 5.41) is 18.1. The van der Waals surface area contributed by atoms with E-state index in [4.69, 9.17) is 0 Å². The summed E-state index contributed by atoms with van der Waals surface area (Å²) >= 11 is 0. The fourth-order valence-corrected chi connectivity index (χ4v) is 3.02. The molecule has 4 aromatic heterocycles. The number of aromatic nitrogens is 6. The first-order chi connectivity index (χ1) is 12.6. The zero-order valence-corrected chi connectivity index (χ0v) is 14.3. The second-order valence-corrected chi connectivity index (χ2v) is 5.86. The Morgan fingerprint density at radius 2 is 2.08 bits per heavy atom. The lowest BCUT2D eigenvalue weighted by Crippen LogP contribution is -2.05. The highest BCUT2D eigenvalue weighted by molar-refractivity contribution is 5.90. The molecule has 1 N–H and O–H groups in total. The molecule has 0 saturated heterocycles. The van der Waals surface area contributed by atoms with Gasteiger partial charge in [-0.05, 0) is 37.6 Å². The molecule has 0 saturated carbocycles. The minimum atomic E-state index is -1.06. The van der Waals surface area contributed by atoms with Gasteiger partial charge in [-0.25, -0.2) is 24.0 Å². The van der Waals surface area contributed by atoms with E-state index in [0.717, 1.165) is 11.3 Å². The zero-order valence-electron chi connectivity index (χ0n) is 14.3. The molecule has 0 fully saturated rings. The van der Waals surface area contributed by atoms with Gasteiger partial charge in [0.15, 0.2) is 17.2 Å². The van der Waals surface area contributed by atoms with E-state index in [-0.39, 0.29) is 5.69 Å². The van der Waals surface area contributed by atoms with Gasteiger partial charge in [0.05, 0.1) is 5.69 Å². The molecule has 0 aliphatic rings. The molecule has 26 heavy (non-hydrogen) atoms. The van der Waals surface area contributed by atoms with Crippen LogP contribution >= 0.6 is 0 Å². The van der Waals surface area contributed by atoms with Crippen LogP contribution in [0, 0.1) is 6.92 Å². The van der Waals surface area contributed by atoms with Crippen molar-refractivity contribution in [3.63, 3.8) is 0 Å². The van der Waals surface area contributed by atoms with Crippen molar-refractivity contribution in [2.45, 2.75) is 20.3 Å². The smallest absolute Gasteiger partial charge is 0.356 e. The molecule has 0 aromatic carbocycles. The van der Waals surface area contributed by atoms with Gasteiger partial charge in [0.1, 0.15) is 6.33 Å². The normalized spacial score (nSPS) is 11.2. The number of aromatic carboxylic acids is 1. The fourth-order valence-electron chi connectivity index (χ4n) is 3.02. The first kappa shape index (κ1) is 15.9. The topological polar surface area (TPSA) is 98.2 Å². The third kappa shape index (κ3) is 2.52. The Balaban J connectivity index is 2.03. The summed E-state index contributed by atoms with van der Waals surface area (Å²) in [6.45, 7) is 3.79. The van der Waals surface area contributed by atoms with E-state index < -0.39 is 5.97 Å². The number of hydrogen-bond acceptors (Lipinski definition) is 5. The van der Waals surface area contributed by atoms with Crippen LogP contribution in [0.2, 0.25) is 0 Å². The molecule has 4 heterocycles. The lowest BCUT2D eigenvalue weighted by Gasteiger charge is -2.09. The third-order valence-corrected chi connectivity index (χ3v) is 4.18. The maximum absolute atomic E-state index is 11.7. The highest BCUT2D eigenvalue weighted by Gasteiger charge is 2.24. The summed E-state index contributed by atoms with van der Waals surface area (Å²) in [5.74, 6) is -0.489. The molecular formula is C18H16N6O2. The quantitative estimate of drug-likeness (QED) is 0.608. The third-order valence-electron chi connectivity index (χ3n) is 4.18. The summed E-state index contributed by atoms with van der Waals surface area (Å²) in [7, 11) is 0. The summed E-state index contributed by atoms with van der Waals surface area (Å²) in [5.41, 5.74) is 3.71. The SMILES string of the molecule is CCc1c(C(=O)O)nn(-c2cccc(C)n2)c1-c1ccc2ncnn2c1. The zero-order chi connectivity index (χ0) is 18.3. The fraction of sp³-hybridized carbons (Fsp3) is 0.167. The number of carboxylic acids is 1. The molecule has 130 valence electrons. The molecule has 0 unspecified atom stereocenters. The van der Waals surface area contributed by atoms with Crippen LogP contribution in [-0.2, 0) is 6.42 Å². The Labute approximate surface area is 148 Å². The predicted molar refractivity (Wildman–Crippen MR) is 94.4 cm³/mol. The number of carbonyl (C=O) groups is 1. The van der Waals surface area contributed by atoms with E-state index in [1.807, 2.05) is 50.4 Å². The van der Waals surface area contributed by atoms with Crippen molar-refractivity contribution in [3.8, 4) is 17.1 Å².